The number of methoxy groups -OCH3 is 2. The third-order valence-corrected chi connectivity index (χ3v) is 4.26. The molecule has 0 aliphatic carbocycles. The molecule has 1 unspecified atom stereocenters. The number of guanidine groups is 1. The molecular weight excluding hydrogens is 316 g/mol. The zero-order valence-corrected chi connectivity index (χ0v) is 15.5. The third-order valence-electron chi connectivity index (χ3n) is 3.20. The second-order valence-corrected chi connectivity index (χ2v) is 5.88. The van der Waals surface area contributed by atoms with Crippen molar-refractivity contribution in [2.75, 3.05) is 54.7 Å². The lowest BCUT2D eigenvalue weighted by Crippen LogP contribution is -2.40. The number of hydrogen-bond donors (Lipinski definition) is 1. The molecule has 1 heterocycles. The Labute approximate surface area is 142 Å². The predicted octanol–water partition coefficient (Wildman–Crippen LogP) is 1.52. The van der Waals surface area contributed by atoms with Gasteiger partial charge in [-0.3, -0.25) is 4.99 Å². The number of thiazole rings is 1. The van der Waals surface area contributed by atoms with Crippen LogP contribution in [0.25, 0.3) is 0 Å². The summed E-state index contributed by atoms with van der Waals surface area (Å²) >= 11 is 1.62. The van der Waals surface area contributed by atoms with E-state index in [1.54, 1.807) is 32.6 Å². The molecule has 23 heavy (non-hydrogen) atoms. The molecule has 1 rings (SSSR count). The van der Waals surface area contributed by atoms with Crippen molar-refractivity contribution in [3.8, 4) is 0 Å². The number of aliphatic imine (C=N–C) groups is 1. The van der Waals surface area contributed by atoms with Gasteiger partial charge in [-0.05, 0) is 6.92 Å². The van der Waals surface area contributed by atoms with E-state index in [-0.39, 0.29) is 6.10 Å². The lowest BCUT2D eigenvalue weighted by atomic mass is 10.4. The first-order chi connectivity index (χ1) is 11.1. The van der Waals surface area contributed by atoms with Crippen molar-refractivity contribution in [2.45, 2.75) is 19.6 Å². The van der Waals surface area contributed by atoms with Gasteiger partial charge in [-0.25, -0.2) is 4.98 Å². The van der Waals surface area contributed by atoms with Gasteiger partial charge in [0, 0.05) is 40.2 Å². The number of hydrogen-bond acceptors (Lipinski definition) is 6. The molecule has 7 nitrogen and oxygen atoms in total. The van der Waals surface area contributed by atoms with E-state index < -0.39 is 0 Å². The quantitative estimate of drug-likeness (QED) is 0.394. The highest BCUT2D eigenvalue weighted by molar-refractivity contribution is 7.09. The third kappa shape index (κ3) is 7.26. The van der Waals surface area contributed by atoms with Gasteiger partial charge in [0.1, 0.15) is 11.1 Å². The van der Waals surface area contributed by atoms with Gasteiger partial charge in [0.05, 0.1) is 32.1 Å². The van der Waals surface area contributed by atoms with Crippen molar-refractivity contribution in [3.05, 3.63) is 16.1 Å². The second kappa shape index (κ2) is 11.3. The normalized spacial score (nSPS) is 13.2. The number of rotatable bonds is 10. The second-order valence-electron chi connectivity index (χ2n) is 4.99. The van der Waals surface area contributed by atoms with Gasteiger partial charge in [-0.15, -0.1) is 11.3 Å². The maximum Gasteiger partial charge on any atom is 0.193 e. The van der Waals surface area contributed by atoms with Crippen LogP contribution in [0.4, 0.5) is 0 Å². The summed E-state index contributed by atoms with van der Waals surface area (Å²) in [6.45, 7) is 5.21. The summed E-state index contributed by atoms with van der Waals surface area (Å²) < 4.78 is 15.6. The zero-order valence-electron chi connectivity index (χ0n) is 14.7. The summed E-state index contributed by atoms with van der Waals surface area (Å²) in [6.07, 6.45) is 0.0285. The molecule has 0 spiro atoms. The smallest absolute Gasteiger partial charge is 0.193 e. The summed E-state index contributed by atoms with van der Waals surface area (Å²) in [6, 6.07) is 0. The minimum Gasteiger partial charge on any atom is -0.382 e. The van der Waals surface area contributed by atoms with Gasteiger partial charge in [0.15, 0.2) is 5.96 Å². The van der Waals surface area contributed by atoms with Crippen LogP contribution in [0, 0.1) is 0 Å². The van der Waals surface area contributed by atoms with E-state index in [1.807, 2.05) is 18.9 Å². The first-order valence-corrected chi connectivity index (χ1v) is 8.45. The Bertz CT molecular complexity index is 467. The highest BCUT2D eigenvalue weighted by Gasteiger charge is 2.12. The molecule has 1 atom stereocenters. The van der Waals surface area contributed by atoms with Crippen molar-refractivity contribution in [1.82, 2.24) is 15.2 Å². The number of nitrogens with zero attached hydrogens (tertiary/aromatic N) is 3. The summed E-state index contributed by atoms with van der Waals surface area (Å²) in [5.74, 6) is 0.815. The van der Waals surface area contributed by atoms with Gasteiger partial charge >= 0.3 is 0 Å². The molecule has 0 aliphatic rings. The Hall–Kier alpha value is -1.22. The van der Waals surface area contributed by atoms with Crippen molar-refractivity contribution < 1.29 is 14.2 Å². The minimum atomic E-state index is 0.0285. The Kier molecular flexibility index (Phi) is 9.77. The van der Waals surface area contributed by atoms with Crippen LogP contribution in [0.1, 0.15) is 23.7 Å². The Balaban J connectivity index is 2.38. The van der Waals surface area contributed by atoms with E-state index in [2.05, 4.69) is 20.7 Å². The molecule has 1 aromatic rings. The number of aromatic nitrogens is 1. The molecule has 0 saturated carbocycles. The zero-order chi connectivity index (χ0) is 17.1. The van der Waals surface area contributed by atoms with Crippen LogP contribution >= 0.6 is 11.3 Å². The molecule has 0 bridgehead atoms. The van der Waals surface area contributed by atoms with Crippen molar-refractivity contribution >= 4 is 17.3 Å². The van der Waals surface area contributed by atoms with Gasteiger partial charge in [0.25, 0.3) is 0 Å². The fourth-order valence-corrected chi connectivity index (χ4v) is 2.71. The summed E-state index contributed by atoms with van der Waals surface area (Å²) in [4.78, 5) is 10.9. The fraction of sp³-hybridized carbons (Fsp3) is 0.733. The molecule has 0 fully saturated rings. The Morgan fingerprint density at radius 2 is 2.17 bits per heavy atom. The standard InChI is InChI=1S/C15H28N4O3S/c1-12(21-5)14-18-13(11-23-14)10-19(3)15(16-2)17-6-7-22-9-8-20-4/h11-12H,6-10H2,1-5H3,(H,16,17). The Morgan fingerprint density at radius 1 is 1.39 bits per heavy atom. The lowest BCUT2D eigenvalue weighted by Gasteiger charge is -2.21. The average Bonchev–Trinajstić information content (AvgIpc) is 3.01. The Morgan fingerprint density at radius 3 is 2.83 bits per heavy atom. The van der Waals surface area contributed by atoms with Crippen molar-refractivity contribution in [2.24, 2.45) is 4.99 Å². The molecule has 8 heteroatoms. The highest BCUT2D eigenvalue weighted by Crippen LogP contribution is 2.20. The topological polar surface area (TPSA) is 68.2 Å². The van der Waals surface area contributed by atoms with E-state index in [0.717, 1.165) is 16.7 Å². The molecule has 0 amide bonds. The molecule has 0 aromatic carbocycles. The van der Waals surface area contributed by atoms with Crippen LogP contribution < -0.4 is 5.32 Å². The van der Waals surface area contributed by atoms with Crippen LogP contribution in [0.15, 0.2) is 10.4 Å². The maximum atomic E-state index is 5.42. The van der Waals surface area contributed by atoms with Crippen LogP contribution in [-0.4, -0.2) is 70.5 Å². The van der Waals surface area contributed by atoms with Gasteiger partial charge < -0.3 is 24.4 Å². The van der Waals surface area contributed by atoms with Crippen LogP contribution in [0.3, 0.4) is 0 Å². The first-order valence-electron chi connectivity index (χ1n) is 7.57. The molecule has 1 aromatic heterocycles. The summed E-state index contributed by atoms with van der Waals surface area (Å²) in [5.41, 5.74) is 1.01. The lowest BCUT2D eigenvalue weighted by molar-refractivity contribution is 0.0731. The van der Waals surface area contributed by atoms with E-state index in [0.29, 0.717) is 32.9 Å². The first kappa shape index (κ1) is 19.8. The fourth-order valence-electron chi connectivity index (χ4n) is 1.86. The average molecular weight is 344 g/mol. The SMILES string of the molecule is CN=C(NCCOCCOC)N(C)Cc1csc(C(C)OC)n1. The molecular formula is C15H28N4O3S. The van der Waals surface area contributed by atoms with E-state index in [1.165, 1.54) is 0 Å². The highest BCUT2D eigenvalue weighted by atomic mass is 32.1. The number of ether oxygens (including phenoxy) is 3. The monoisotopic (exact) mass is 344 g/mol. The van der Waals surface area contributed by atoms with E-state index in [4.69, 9.17) is 14.2 Å². The van der Waals surface area contributed by atoms with E-state index in [9.17, 15) is 0 Å². The van der Waals surface area contributed by atoms with Crippen LogP contribution in [0.5, 0.6) is 0 Å². The largest absolute Gasteiger partial charge is 0.382 e. The molecule has 0 radical (unpaired) electrons. The van der Waals surface area contributed by atoms with Gasteiger partial charge in [-0.1, -0.05) is 0 Å². The molecule has 0 aliphatic heterocycles. The molecule has 0 saturated heterocycles. The molecule has 1 N–H and O–H groups in total. The van der Waals surface area contributed by atoms with Crippen LogP contribution in [0.2, 0.25) is 0 Å². The minimum absolute atomic E-state index is 0.0285. The molecule has 132 valence electrons. The van der Waals surface area contributed by atoms with Gasteiger partial charge in [0.2, 0.25) is 0 Å². The predicted molar refractivity (Wildman–Crippen MR) is 93.1 cm³/mol. The number of nitrogens with one attached hydrogen (secondary N) is 1. The van der Waals surface area contributed by atoms with E-state index >= 15 is 0 Å². The van der Waals surface area contributed by atoms with Crippen molar-refractivity contribution in [3.63, 3.8) is 0 Å². The maximum absolute atomic E-state index is 5.42. The van der Waals surface area contributed by atoms with Crippen molar-refractivity contribution in [1.29, 1.82) is 0 Å². The van der Waals surface area contributed by atoms with Gasteiger partial charge in [-0.2, -0.15) is 0 Å². The van der Waals surface area contributed by atoms with Crippen LogP contribution in [-0.2, 0) is 20.8 Å². The summed E-state index contributed by atoms with van der Waals surface area (Å²) in [5, 5.41) is 6.32. The summed E-state index contributed by atoms with van der Waals surface area (Å²) in [7, 11) is 7.11.